The van der Waals surface area contributed by atoms with E-state index in [1.54, 1.807) is 6.92 Å². The van der Waals surface area contributed by atoms with Gasteiger partial charge in [-0.15, -0.1) is 0 Å². The Bertz CT molecular complexity index is 851. The summed E-state index contributed by atoms with van der Waals surface area (Å²) in [6.07, 6.45) is 0. The highest BCUT2D eigenvalue weighted by atomic mass is 19.1. The second-order valence-electron chi connectivity index (χ2n) is 5.27. The summed E-state index contributed by atoms with van der Waals surface area (Å²) in [6.45, 7) is 1.65. The van der Waals surface area contributed by atoms with Crippen LogP contribution in [0.3, 0.4) is 0 Å². The molecule has 1 aliphatic rings. The molecule has 2 N–H and O–H groups in total. The van der Waals surface area contributed by atoms with E-state index in [0.717, 1.165) is 12.1 Å². The number of halogens is 1. The third-order valence-corrected chi connectivity index (χ3v) is 3.59. The first-order valence-electron chi connectivity index (χ1n) is 6.99. The lowest BCUT2D eigenvalue weighted by atomic mass is 9.93. The first kappa shape index (κ1) is 15.8. The van der Waals surface area contributed by atoms with Gasteiger partial charge in [-0.3, -0.25) is 24.6 Å². The van der Waals surface area contributed by atoms with Crippen molar-refractivity contribution in [3.05, 3.63) is 59.2 Å². The number of amides is 3. The van der Waals surface area contributed by atoms with Crippen LogP contribution in [-0.4, -0.2) is 33.0 Å². The van der Waals surface area contributed by atoms with Crippen molar-refractivity contribution in [3.8, 4) is 0 Å². The average molecular weight is 329 g/mol. The van der Waals surface area contributed by atoms with Crippen molar-refractivity contribution in [1.82, 2.24) is 10.0 Å². The van der Waals surface area contributed by atoms with Crippen LogP contribution in [0.15, 0.2) is 36.4 Å². The van der Waals surface area contributed by atoms with E-state index < -0.39 is 29.5 Å². The molecule has 1 unspecified atom stereocenters. The molecule has 122 valence electrons. The van der Waals surface area contributed by atoms with E-state index in [2.05, 4.69) is 10.3 Å². The number of imide groups is 1. The molecular formula is C16H12FN3O4. The van der Waals surface area contributed by atoms with Crippen LogP contribution in [0.1, 0.15) is 27.7 Å². The number of nitrogens with zero attached hydrogens (tertiary/aromatic N) is 2. The quantitative estimate of drug-likeness (QED) is 0.495. The van der Waals surface area contributed by atoms with Crippen molar-refractivity contribution < 1.29 is 24.0 Å². The van der Waals surface area contributed by atoms with Gasteiger partial charge < -0.3 is 5.32 Å². The molecule has 2 aromatic rings. The number of pyridine rings is 1. The zero-order valence-electron chi connectivity index (χ0n) is 12.5. The Morgan fingerprint density at radius 3 is 2.54 bits per heavy atom. The molecule has 0 saturated carbocycles. The van der Waals surface area contributed by atoms with Crippen molar-refractivity contribution in [1.29, 1.82) is 0 Å². The molecule has 0 radical (unpaired) electrons. The van der Waals surface area contributed by atoms with Crippen LogP contribution in [0, 0.1) is 12.7 Å². The number of anilines is 1. The Morgan fingerprint density at radius 1 is 1.21 bits per heavy atom. The van der Waals surface area contributed by atoms with Crippen LogP contribution in [0.25, 0.3) is 0 Å². The first-order valence-corrected chi connectivity index (χ1v) is 6.99. The summed E-state index contributed by atoms with van der Waals surface area (Å²) in [5.74, 6) is -4.76. The molecule has 2 heterocycles. The predicted molar refractivity (Wildman–Crippen MR) is 79.7 cm³/mol. The van der Waals surface area contributed by atoms with Crippen LogP contribution in [-0.2, 0) is 9.59 Å². The third-order valence-electron chi connectivity index (χ3n) is 3.59. The molecule has 8 heteroatoms. The van der Waals surface area contributed by atoms with Crippen molar-refractivity contribution in [2.24, 2.45) is 0 Å². The molecule has 1 aromatic carbocycles. The SMILES string of the molecule is Cc1ccc2c(n1)C(C(=O)Nc1ccc(F)cc1)C(=O)N(O)C2=O. The van der Waals surface area contributed by atoms with Crippen molar-refractivity contribution in [2.75, 3.05) is 5.32 Å². The summed E-state index contributed by atoms with van der Waals surface area (Å²) in [7, 11) is 0. The smallest absolute Gasteiger partial charge is 0.286 e. The van der Waals surface area contributed by atoms with Gasteiger partial charge in [0, 0.05) is 11.4 Å². The Labute approximate surface area is 135 Å². The average Bonchev–Trinajstić information content (AvgIpc) is 2.55. The number of carbonyl (C=O) groups is 3. The standard InChI is InChI=1S/C16H12FN3O4/c1-8-2-7-11-13(18-8)12(16(23)20(24)15(11)22)14(21)19-10-5-3-9(17)4-6-10/h2-7,12,24H,1H3,(H,19,21). The summed E-state index contributed by atoms with van der Waals surface area (Å²) >= 11 is 0. The van der Waals surface area contributed by atoms with E-state index in [4.69, 9.17) is 0 Å². The van der Waals surface area contributed by atoms with Gasteiger partial charge in [0.2, 0.25) is 5.91 Å². The topological polar surface area (TPSA) is 99.6 Å². The molecule has 0 fully saturated rings. The number of rotatable bonds is 2. The van der Waals surface area contributed by atoms with Gasteiger partial charge >= 0.3 is 0 Å². The number of fused-ring (bicyclic) bond motifs is 1. The number of hydroxylamine groups is 2. The number of hydrogen-bond donors (Lipinski definition) is 2. The first-order chi connectivity index (χ1) is 11.4. The molecule has 0 saturated heterocycles. The summed E-state index contributed by atoms with van der Waals surface area (Å²) < 4.78 is 12.9. The van der Waals surface area contributed by atoms with E-state index in [9.17, 15) is 24.0 Å². The van der Waals surface area contributed by atoms with Gasteiger partial charge in [-0.25, -0.2) is 4.39 Å². The largest absolute Gasteiger partial charge is 0.325 e. The van der Waals surface area contributed by atoms with Crippen molar-refractivity contribution >= 4 is 23.4 Å². The highest BCUT2D eigenvalue weighted by Crippen LogP contribution is 2.28. The zero-order chi connectivity index (χ0) is 17.4. The Kier molecular flexibility index (Phi) is 3.82. The molecule has 0 aliphatic carbocycles. The number of benzene rings is 1. The van der Waals surface area contributed by atoms with Gasteiger partial charge in [-0.2, -0.15) is 5.06 Å². The van der Waals surface area contributed by atoms with Crippen LogP contribution in [0.4, 0.5) is 10.1 Å². The maximum atomic E-state index is 12.9. The number of carbonyl (C=O) groups excluding carboxylic acids is 3. The van der Waals surface area contributed by atoms with Gasteiger partial charge in [0.15, 0.2) is 5.92 Å². The Morgan fingerprint density at radius 2 is 1.88 bits per heavy atom. The van der Waals surface area contributed by atoms with E-state index in [1.807, 2.05) is 0 Å². The Hall–Kier alpha value is -3.13. The fourth-order valence-electron chi connectivity index (χ4n) is 2.42. The van der Waals surface area contributed by atoms with Crippen molar-refractivity contribution in [3.63, 3.8) is 0 Å². The number of nitrogens with one attached hydrogen (secondary N) is 1. The minimum Gasteiger partial charge on any atom is -0.325 e. The summed E-state index contributed by atoms with van der Waals surface area (Å²) in [5.41, 5.74) is 0.738. The monoisotopic (exact) mass is 329 g/mol. The van der Waals surface area contributed by atoms with Crippen molar-refractivity contribution in [2.45, 2.75) is 12.8 Å². The van der Waals surface area contributed by atoms with Crippen LogP contribution in [0.2, 0.25) is 0 Å². The lowest BCUT2D eigenvalue weighted by Gasteiger charge is -2.27. The van der Waals surface area contributed by atoms with E-state index in [1.165, 1.54) is 24.3 Å². The molecule has 7 nitrogen and oxygen atoms in total. The van der Waals surface area contributed by atoms with Crippen LogP contribution in [0.5, 0.6) is 0 Å². The molecule has 1 aromatic heterocycles. The van der Waals surface area contributed by atoms with Crippen LogP contribution < -0.4 is 5.32 Å². The number of hydrogen-bond acceptors (Lipinski definition) is 5. The minimum atomic E-state index is -1.48. The fraction of sp³-hybridized carbons (Fsp3) is 0.125. The molecule has 1 aliphatic heterocycles. The highest BCUT2D eigenvalue weighted by molar-refractivity contribution is 6.19. The lowest BCUT2D eigenvalue weighted by Crippen LogP contribution is -2.47. The van der Waals surface area contributed by atoms with Gasteiger partial charge in [-0.05, 0) is 43.3 Å². The second kappa shape index (κ2) is 5.82. The fourth-order valence-corrected chi connectivity index (χ4v) is 2.42. The van der Waals surface area contributed by atoms with Gasteiger partial charge in [0.1, 0.15) is 5.82 Å². The summed E-state index contributed by atoms with van der Waals surface area (Å²) in [5, 5.41) is 12.0. The number of aromatic nitrogens is 1. The molecular weight excluding hydrogens is 317 g/mol. The minimum absolute atomic E-state index is 0.0186. The van der Waals surface area contributed by atoms with Gasteiger partial charge in [-0.1, -0.05) is 0 Å². The lowest BCUT2D eigenvalue weighted by molar-refractivity contribution is -0.158. The maximum absolute atomic E-state index is 12.9. The van der Waals surface area contributed by atoms with E-state index >= 15 is 0 Å². The number of aryl methyl sites for hydroxylation is 1. The molecule has 0 spiro atoms. The van der Waals surface area contributed by atoms with Gasteiger partial charge in [0.25, 0.3) is 11.8 Å². The molecule has 3 amide bonds. The maximum Gasteiger partial charge on any atom is 0.286 e. The van der Waals surface area contributed by atoms with E-state index in [0.29, 0.717) is 5.69 Å². The molecule has 24 heavy (non-hydrogen) atoms. The third kappa shape index (κ3) is 2.63. The molecule has 1 atom stereocenters. The second-order valence-corrected chi connectivity index (χ2v) is 5.27. The summed E-state index contributed by atoms with van der Waals surface area (Å²) in [4.78, 5) is 40.7. The Balaban J connectivity index is 1.99. The predicted octanol–water partition coefficient (Wildman–Crippen LogP) is 1.62. The molecule has 3 rings (SSSR count). The highest BCUT2D eigenvalue weighted by Gasteiger charge is 2.43. The van der Waals surface area contributed by atoms with E-state index in [-0.39, 0.29) is 22.0 Å². The normalized spacial score (nSPS) is 16.8. The zero-order valence-corrected chi connectivity index (χ0v) is 12.5. The summed E-state index contributed by atoms with van der Waals surface area (Å²) in [6, 6.07) is 7.89. The van der Waals surface area contributed by atoms with Gasteiger partial charge in [0.05, 0.1) is 11.3 Å². The van der Waals surface area contributed by atoms with Crippen LogP contribution >= 0.6 is 0 Å². The molecule has 0 bridgehead atoms.